The summed E-state index contributed by atoms with van der Waals surface area (Å²) >= 11 is 0. The van der Waals surface area contributed by atoms with E-state index in [2.05, 4.69) is 16.4 Å². The van der Waals surface area contributed by atoms with Crippen molar-refractivity contribution in [3.05, 3.63) is 0 Å². The van der Waals surface area contributed by atoms with E-state index < -0.39 is 0 Å². The molecule has 0 bridgehead atoms. The fourth-order valence-corrected chi connectivity index (χ4v) is 1.55. The van der Waals surface area contributed by atoms with Crippen LogP contribution in [0.4, 0.5) is 0 Å². The molecule has 0 aromatic heterocycles. The van der Waals surface area contributed by atoms with Crippen molar-refractivity contribution in [2.24, 2.45) is 5.16 Å². The van der Waals surface area contributed by atoms with Crippen molar-refractivity contribution in [3.63, 3.8) is 0 Å². The summed E-state index contributed by atoms with van der Waals surface area (Å²) in [6.45, 7) is 1.88. The summed E-state index contributed by atoms with van der Waals surface area (Å²) in [6.07, 6.45) is 7.02. The summed E-state index contributed by atoms with van der Waals surface area (Å²) < 4.78 is 0. The van der Waals surface area contributed by atoms with E-state index in [1.165, 1.54) is 0 Å². The lowest BCUT2D eigenvalue weighted by Gasteiger charge is -2.17. The quantitative estimate of drug-likeness (QED) is 0.498. The Bertz CT molecular complexity index is 233. The van der Waals surface area contributed by atoms with Crippen LogP contribution < -0.4 is 5.32 Å². The van der Waals surface area contributed by atoms with Crippen LogP contribution in [0.5, 0.6) is 0 Å². The molecule has 0 aromatic carbocycles. The molecule has 0 amide bonds. The molecule has 58 valence electrons. The molecule has 11 heavy (non-hydrogen) atoms. The molecule has 1 saturated heterocycles. The van der Waals surface area contributed by atoms with Crippen LogP contribution in [0.25, 0.3) is 0 Å². The summed E-state index contributed by atoms with van der Waals surface area (Å²) in [5, 5.41) is 7.06. The molecule has 1 unspecified atom stereocenters. The maximum atomic E-state index is 5.29. The highest BCUT2D eigenvalue weighted by molar-refractivity contribution is 6.01. The fraction of sp³-hybridized carbons (Fsp3) is 0.625. The van der Waals surface area contributed by atoms with Crippen molar-refractivity contribution in [2.45, 2.75) is 18.4 Å². The van der Waals surface area contributed by atoms with E-state index in [1.807, 2.05) is 0 Å². The predicted molar refractivity (Wildman–Crippen MR) is 42.2 cm³/mol. The topological polar surface area (TPSA) is 33.6 Å². The van der Waals surface area contributed by atoms with Gasteiger partial charge in [-0.15, -0.1) is 6.42 Å². The van der Waals surface area contributed by atoms with E-state index >= 15 is 0 Å². The smallest absolute Gasteiger partial charge is 0.157 e. The highest BCUT2D eigenvalue weighted by Gasteiger charge is 2.41. The Balaban J connectivity index is 2.08. The highest BCUT2D eigenvalue weighted by Crippen LogP contribution is 2.29. The van der Waals surface area contributed by atoms with Crippen molar-refractivity contribution >= 4 is 5.71 Å². The van der Waals surface area contributed by atoms with Crippen LogP contribution >= 0.6 is 0 Å². The van der Waals surface area contributed by atoms with E-state index in [0.29, 0.717) is 0 Å². The van der Waals surface area contributed by atoms with E-state index in [1.54, 1.807) is 0 Å². The van der Waals surface area contributed by atoms with E-state index in [4.69, 9.17) is 11.3 Å². The maximum Gasteiger partial charge on any atom is 0.157 e. The number of oxime groups is 1. The summed E-state index contributed by atoms with van der Waals surface area (Å²) in [5.41, 5.74) is 0.649. The van der Waals surface area contributed by atoms with Crippen molar-refractivity contribution in [1.82, 2.24) is 5.32 Å². The van der Waals surface area contributed by atoms with Gasteiger partial charge in [0, 0.05) is 19.4 Å². The van der Waals surface area contributed by atoms with Gasteiger partial charge < -0.3 is 10.2 Å². The van der Waals surface area contributed by atoms with Crippen LogP contribution in [0.3, 0.4) is 0 Å². The minimum Gasteiger partial charge on any atom is -0.387 e. The van der Waals surface area contributed by atoms with E-state index in [9.17, 15) is 0 Å². The largest absolute Gasteiger partial charge is 0.387 e. The van der Waals surface area contributed by atoms with Gasteiger partial charge in [0.15, 0.2) is 5.60 Å². The molecule has 0 aromatic rings. The third-order valence-electron chi connectivity index (χ3n) is 2.21. The van der Waals surface area contributed by atoms with Gasteiger partial charge in [0.2, 0.25) is 0 Å². The molecule has 3 heteroatoms. The minimum absolute atomic E-state index is 0.0955. The van der Waals surface area contributed by atoms with Gasteiger partial charge in [0.25, 0.3) is 0 Å². The molecule has 1 atom stereocenters. The van der Waals surface area contributed by atoms with Crippen LogP contribution in [-0.2, 0) is 4.84 Å². The van der Waals surface area contributed by atoms with Gasteiger partial charge in [-0.05, 0) is 6.54 Å². The molecular weight excluding hydrogens is 140 g/mol. The Morgan fingerprint density at radius 2 is 2.64 bits per heavy atom. The van der Waals surface area contributed by atoms with Gasteiger partial charge in [-0.3, -0.25) is 0 Å². The molecule has 1 fully saturated rings. The summed E-state index contributed by atoms with van der Waals surface area (Å²) in [7, 11) is 0. The summed E-state index contributed by atoms with van der Waals surface area (Å²) in [5.74, 6) is 2.51. The van der Waals surface area contributed by atoms with Gasteiger partial charge in [-0.25, -0.2) is 0 Å². The first-order chi connectivity index (χ1) is 5.35. The average molecular weight is 150 g/mol. The number of nitrogens with zero attached hydrogens (tertiary/aromatic N) is 1. The minimum atomic E-state index is -0.0955. The molecule has 1 spiro atoms. The van der Waals surface area contributed by atoms with Crippen LogP contribution in [0.15, 0.2) is 5.16 Å². The Morgan fingerprint density at radius 3 is 3.18 bits per heavy atom. The zero-order chi connectivity index (χ0) is 7.73. The highest BCUT2D eigenvalue weighted by atomic mass is 16.7. The van der Waals surface area contributed by atoms with Crippen molar-refractivity contribution < 1.29 is 4.84 Å². The zero-order valence-electron chi connectivity index (χ0n) is 6.26. The van der Waals surface area contributed by atoms with Crippen molar-refractivity contribution in [2.75, 3.05) is 13.1 Å². The normalized spacial score (nSPS) is 35.0. The summed E-state index contributed by atoms with van der Waals surface area (Å²) in [6, 6.07) is 0. The molecule has 1 N–H and O–H groups in total. The second-order valence-corrected chi connectivity index (χ2v) is 3.06. The lowest BCUT2D eigenvalue weighted by molar-refractivity contribution is -0.00190. The Labute approximate surface area is 65.8 Å². The lowest BCUT2D eigenvalue weighted by Crippen LogP contribution is -2.31. The van der Waals surface area contributed by atoms with Crippen LogP contribution in [0, 0.1) is 12.3 Å². The number of hydrogen-bond donors (Lipinski definition) is 1. The summed E-state index contributed by atoms with van der Waals surface area (Å²) in [4.78, 5) is 5.29. The van der Waals surface area contributed by atoms with Crippen molar-refractivity contribution in [1.29, 1.82) is 0 Å². The zero-order valence-corrected chi connectivity index (χ0v) is 6.26. The molecule has 2 aliphatic rings. The maximum absolute atomic E-state index is 5.29. The molecule has 0 saturated carbocycles. The standard InChI is InChI=1S/C8H10N2O/c1-2-7-5-8(11-10-7)3-4-9-6-8/h1,9H,3-6H2. The van der Waals surface area contributed by atoms with E-state index in [-0.39, 0.29) is 5.60 Å². The Hall–Kier alpha value is -1.01. The third kappa shape index (κ3) is 0.997. The average Bonchev–Trinajstić information content (AvgIpc) is 2.62. The predicted octanol–water partition coefficient (Wildman–Crippen LogP) is 0.128. The van der Waals surface area contributed by atoms with Crippen LogP contribution in [0.2, 0.25) is 0 Å². The van der Waals surface area contributed by atoms with Gasteiger partial charge in [-0.1, -0.05) is 11.1 Å². The monoisotopic (exact) mass is 150 g/mol. The Morgan fingerprint density at radius 1 is 1.73 bits per heavy atom. The first kappa shape index (κ1) is 6.68. The molecular formula is C8H10N2O. The van der Waals surface area contributed by atoms with Gasteiger partial charge >= 0.3 is 0 Å². The number of hydrogen-bond acceptors (Lipinski definition) is 3. The van der Waals surface area contributed by atoms with Crippen LogP contribution in [-0.4, -0.2) is 24.4 Å². The lowest BCUT2D eigenvalue weighted by atomic mass is 9.97. The van der Waals surface area contributed by atoms with Crippen LogP contribution in [0.1, 0.15) is 12.8 Å². The van der Waals surface area contributed by atoms with Gasteiger partial charge in [0.1, 0.15) is 5.71 Å². The first-order valence-electron chi connectivity index (χ1n) is 3.77. The first-order valence-corrected chi connectivity index (χ1v) is 3.77. The molecule has 2 heterocycles. The second kappa shape index (κ2) is 2.24. The number of rotatable bonds is 0. The molecule has 0 radical (unpaired) electrons. The molecule has 0 aliphatic carbocycles. The van der Waals surface area contributed by atoms with Gasteiger partial charge in [-0.2, -0.15) is 0 Å². The Kier molecular flexibility index (Phi) is 1.36. The molecule has 2 aliphatic heterocycles. The fourth-order valence-electron chi connectivity index (χ4n) is 1.55. The number of nitrogens with one attached hydrogen (secondary N) is 1. The number of terminal acetylenes is 1. The third-order valence-corrected chi connectivity index (χ3v) is 2.21. The molecule has 3 nitrogen and oxygen atoms in total. The van der Waals surface area contributed by atoms with Gasteiger partial charge in [0.05, 0.1) is 0 Å². The van der Waals surface area contributed by atoms with E-state index in [0.717, 1.165) is 31.6 Å². The van der Waals surface area contributed by atoms with Crippen molar-refractivity contribution in [3.8, 4) is 12.3 Å². The SMILES string of the molecule is C#CC1=NOC2(CCNC2)C1. The second-order valence-electron chi connectivity index (χ2n) is 3.06. The molecule has 2 rings (SSSR count).